The van der Waals surface area contributed by atoms with Crippen LogP contribution in [-0.4, -0.2) is 58.4 Å². The molecule has 1 aromatic carbocycles. The molecule has 134 valence electrons. The summed E-state index contributed by atoms with van der Waals surface area (Å²) in [6.07, 6.45) is 0.502. The van der Waals surface area contributed by atoms with Gasteiger partial charge in [0.2, 0.25) is 0 Å². The topological polar surface area (TPSA) is 53.0 Å². The van der Waals surface area contributed by atoms with Gasteiger partial charge in [0.25, 0.3) is 0 Å². The lowest BCUT2D eigenvalue weighted by Crippen LogP contribution is -2.62. The first-order valence-corrected chi connectivity index (χ1v) is 8.74. The van der Waals surface area contributed by atoms with E-state index in [2.05, 4.69) is 24.0 Å². The fourth-order valence-corrected chi connectivity index (χ4v) is 3.31. The summed E-state index contributed by atoms with van der Waals surface area (Å²) in [6.45, 7) is 9.85. The number of nitrogens with zero attached hydrogens (tertiary/aromatic N) is 2. The van der Waals surface area contributed by atoms with Crippen LogP contribution in [0.15, 0.2) is 30.3 Å². The van der Waals surface area contributed by atoms with Crippen LogP contribution in [0.1, 0.15) is 39.7 Å². The van der Waals surface area contributed by atoms with Crippen LogP contribution in [0.2, 0.25) is 0 Å². The summed E-state index contributed by atoms with van der Waals surface area (Å²) in [6, 6.07) is 10.1. The molecular formula is C19H30N2O3. The maximum absolute atomic E-state index is 12.5. The average Bonchev–Trinajstić information content (AvgIpc) is 2.53. The second kappa shape index (κ2) is 7.99. The van der Waals surface area contributed by atoms with E-state index < -0.39 is 5.60 Å². The predicted molar refractivity (Wildman–Crippen MR) is 94.7 cm³/mol. The highest BCUT2D eigenvalue weighted by Gasteiger charge is 2.39. The third kappa shape index (κ3) is 4.71. The number of hydrogen-bond acceptors (Lipinski definition) is 4. The van der Waals surface area contributed by atoms with Gasteiger partial charge in [-0.25, -0.2) is 4.79 Å². The van der Waals surface area contributed by atoms with E-state index in [1.807, 2.05) is 39.0 Å². The largest absolute Gasteiger partial charge is 0.444 e. The van der Waals surface area contributed by atoms with E-state index in [1.165, 1.54) is 5.56 Å². The van der Waals surface area contributed by atoms with Crippen LogP contribution in [0.3, 0.4) is 0 Å². The minimum Gasteiger partial charge on any atom is -0.444 e. The molecular weight excluding hydrogens is 304 g/mol. The molecule has 1 aliphatic rings. The van der Waals surface area contributed by atoms with Gasteiger partial charge >= 0.3 is 6.09 Å². The number of rotatable bonds is 4. The van der Waals surface area contributed by atoms with Crippen LogP contribution in [-0.2, 0) is 11.3 Å². The zero-order chi connectivity index (χ0) is 17.7. The molecule has 2 atom stereocenters. The molecule has 0 aromatic heterocycles. The van der Waals surface area contributed by atoms with Crippen molar-refractivity contribution in [2.75, 3.05) is 19.7 Å². The van der Waals surface area contributed by atoms with Crippen molar-refractivity contribution in [3.8, 4) is 0 Å². The van der Waals surface area contributed by atoms with Crippen LogP contribution in [0.25, 0.3) is 0 Å². The van der Waals surface area contributed by atoms with E-state index in [0.717, 1.165) is 19.5 Å². The minimum absolute atomic E-state index is 0.0324. The maximum Gasteiger partial charge on any atom is 0.410 e. The Morgan fingerprint density at radius 1 is 1.21 bits per heavy atom. The van der Waals surface area contributed by atoms with Gasteiger partial charge in [-0.1, -0.05) is 37.3 Å². The van der Waals surface area contributed by atoms with Gasteiger partial charge in [0.15, 0.2) is 0 Å². The van der Waals surface area contributed by atoms with Crippen molar-refractivity contribution in [3.05, 3.63) is 35.9 Å². The highest BCUT2D eigenvalue weighted by atomic mass is 16.6. The number of aliphatic hydroxyl groups excluding tert-OH is 1. The van der Waals surface area contributed by atoms with E-state index >= 15 is 0 Å². The highest BCUT2D eigenvalue weighted by molar-refractivity contribution is 5.69. The van der Waals surface area contributed by atoms with Crippen molar-refractivity contribution in [2.45, 2.75) is 58.3 Å². The number of ether oxygens (including phenoxy) is 1. The van der Waals surface area contributed by atoms with Gasteiger partial charge < -0.3 is 14.7 Å². The van der Waals surface area contributed by atoms with Gasteiger partial charge in [-0.05, 0) is 32.8 Å². The summed E-state index contributed by atoms with van der Waals surface area (Å²) < 4.78 is 5.54. The second-order valence-electron chi connectivity index (χ2n) is 7.36. The number of hydrogen-bond donors (Lipinski definition) is 1. The van der Waals surface area contributed by atoms with E-state index in [9.17, 15) is 9.90 Å². The fraction of sp³-hybridized carbons (Fsp3) is 0.632. The zero-order valence-corrected chi connectivity index (χ0v) is 15.2. The van der Waals surface area contributed by atoms with Crippen molar-refractivity contribution >= 4 is 6.09 Å². The standard InChI is InChI=1S/C19H30N2O3/c1-5-16-17(14-22)20(13-15-9-7-6-8-10-15)11-12-21(16)18(23)24-19(2,3)4/h6-10,16-17,22H,5,11-14H2,1-4H3/t16-,17?/m0/s1. The molecule has 1 amide bonds. The molecule has 0 radical (unpaired) electrons. The van der Waals surface area contributed by atoms with Crippen LogP contribution in [0, 0.1) is 0 Å². The van der Waals surface area contributed by atoms with E-state index in [1.54, 1.807) is 4.90 Å². The normalized spacial score (nSPS) is 22.5. The van der Waals surface area contributed by atoms with E-state index in [0.29, 0.717) is 6.54 Å². The summed E-state index contributed by atoms with van der Waals surface area (Å²) in [5, 5.41) is 9.95. The van der Waals surface area contributed by atoms with Crippen LogP contribution in [0.5, 0.6) is 0 Å². The summed E-state index contributed by atoms with van der Waals surface area (Å²) >= 11 is 0. The smallest absolute Gasteiger partial charge is 0.410 e. The number of aliphatic hydroxyl groups is 1. The molecule has 1 fully saturated rings. The van der Waals surface area contributed by atoms with Crippen molar-refractivity contribution in [2.24, 2.45) is 0 Å². The Kier molecular flexibility index (Phi) is 6.24. The molecule has 1 unspecified atom stereocenters. The van der Waals surface area contributed by atoms with E-state index in [-0.39, 0.29) is 24.8 Å². The number of piperazine rings is 1. The van der Waals surface area contributed by atoms with Crippen LogP contribution >= 0.6 is 0 Å². The molecule has 1 saturated heterocycles. The molecule has 1 aromatic rings. The second-order valence-corrected chi connectivity index (χ2v) is 7.36. The number of carbonyl (C=O) groups is 1. The van der Waals surface area contributed by atoms with Gasteiger partial charge in [0.05, 0.1) is 18.7 Å². The molecule has 0 aliphatic carbocycles. The Balaban J connectivity index is 2.11. The lowest BCUT2D eigenvalue weighted by atomic mass is 9.99. The van der Waals surface area contributed by atoms with Gasteiger partial charge in [0.1, 0.15) is 5.60 Å². The Bertz CT molecular complexity index is 527. The summed E-state index contributed by atoms with van der Waals surface area (Å²) in [4.78, 5) is 16.6. The summed E-state index contributed by atoms with van der Waals surface area (Å²) in [5.41, 5.74) is 0.710. The molecule has 1 heterocycles. The third-order valence-corrected chi connectivity index (χ3v) is 4.40. The molecule has 1 N–H and O–H groups in total. The van der Waals surface area contributed by atoms with Gasteiger partial charge in [0, 0.05) is 19.6 Å². The summed E-state index contributed by atoms with van der Waals surface area (Å²) in [5.74, 6) is 0. The van der Waals surface area contributed by atoms with Gasteiger partial charge in [-0.2, -0.15) is 0 Å². The number of carbonyl (C=O) groups excluding carboxylic acids is 1. The molecule has 0 saturated carbocycles. The number of benzene rings is 1. The Hall–Kier alpha value is -1.59. The quantitative estimate of drug-likeness (QED) is 0.920. The Labute approximate surface area is 145 Å². The van der Waals surface area contributed by atoms with Crippen LogP contribution < -0.4 is 0 Å². The molecule has 2 rings (SSSR count). The first kappa shape index (κ1) is 18.7. The van der Waals surface area contributed by atoms with Crippen molar-refractivity contribution in [1.82, 2.24) is 9.80 Å². The molecule has 5 heteroatoms. The van der Waals surface area contributed by atoms with E-state index in [4.69, 9.17) is 4.74 Å². The zero-order valence-electron chi connectivity index (χ0n) is 15.2. The predicted octanol–water partition coefficient (Wildman–Crippen LogP) is 2.88. The Morgan fingerprint density at radius 3 is 2.42 bits per heavy atom. The minimum atomic E-state index is -0.509. The Morgan fingerprint density at radius 2 is 1.88 bits per heavy atom. The molecule has 0 bridgehead atoms. The molecule has 0 spiro atoms. The molecule has 24 heavy (non-hydrogen) atoms. The monoisotopic (exact) mass is 334 g/mol. The maximum atomic E-state index is 12.5. The SMILES string of the molecule is CC[C@H]1C(CO)N(Cc2ccccc2)CCN1C(=O)OC(C)(C)C. The third-order valence-electron chi connectivity index (χ3n) is 4.40. The lowest BCUT2D eigenvalue weighted by Gasteiger charge is -2.46. The van der Waals surface area contributed by atoms with Crippen molar-refractivity contribution in [3.63, 3.8) is 0 Å². The summed E-state index contributed by atoms with van der Waals surface area (Å²) in [7, 11) is 0. The lowest BCUT2D eigenvalue weighted by molar-refractivity contribution is -0.0347. The van der Waals surface area contributed by atoms with Gasteiger partial charge in [-0.15, -0.1) is 0 Å². The van der Waals surface area contributed by atoms with Crippen LogP contribution in [0.4, 0.5) is 4.79 Å². The highest BCUT2D eigenvalue weighted by Crippen LogP contribution is 2.24. The van der Waals surface area contributed by atoms with Crippen molar-refractivity contribution in [1.29, 1.82) is 0 Å². The molecule has 1 aliphatic heterocycles. The fourth-order valence-electron chi connectivity index (χ4n) is 3.31. The first-order valence-electron chi connectivity index (χ1n) is 8.74. The van der Waals surface area contributed by atoms with Crippen molar-refractivity contribution < 1.29 is 14.6 Å². The average molecular weight is 334 g/mol. The molecule has 5 nitrogen and oxygen atoms in total. The van der Waals surface area contributed by atoms with Gasteiger partial charge in [-0.3, -0.25) is 4.90 Å². The number of amides is 1. The first-order chi connectivity index (χ1) is 11.4.